The van der Waals surface area contributed by atoms with Crippen molar-refractivity contribution in [2.45, 2.75) is 75.5 Å². The second-order valence-electron chi connectivity index (χ2n) is 12.3. The molecule has 3 nitrogen and oxygen atoms in total. The topological polar surface area (TPSA) is 50.2 Å². The summed E-state index contributed by atoms with van der Waals surface area (Å²) in [6.07, 6.45) is 4.62. The van der Waals surface area contributed by atoms with Gasteiger partial charge in [0.05, 0.1) is 0 Å². The van der Waals surface area contributed by atoms with Gasteiger partial charge in [-0.3, -0.25) is 9.78 Å². The Morgan fingerprint density at radius 2 is 1.71 bits per heavy atom. The van der Waals surface area contributed by atoms with E-state index in [4.69, 9.17) is 0 Å². The fourth-order valence-corrected chi connectivity index (χ4v) is 8.22. The van der Waals surface area contributed by atoms with Crippen LogP contribution < -0.4 is 0 Å². The van der Waals surface area contributed by atoms with Crippen molar-refractivity contribution in [1.82, 2.24) is 4.98 Å². The van der Waals surface area contributed by atoms with E-state index in [2.05, 4.69) is 4.98 Å². The zero-order valence-corrected chi connectivity index (χ0v) is 22.7. The van der Waals surface area contributed by atoms with E-state index >= 15 is 8.78 Å². The first-order chi connectivity index (χ1) is 19.4. The lowest BCUT2D eigenvalue weighted by Gasteiger charge is -2.56. The van der Waals surface area contributed by atoms with Crippen molar-refractivity contribution < 1.29 is 31.9 Å². The number of carbonyl (C=O) groups excluding carboxylic acids is 1. The first-order valence-electron chi connectivity index (χ1n) is 14.2. The van der Waals surface area contributed by atoms with Crippen LogP contribution in [0.4, 0.5) is 22.0 Å². The number of rotatable bonds is 4. The predicted molar refractivity (Wildman–Crippen MR) is 146 cm³/mol. The molecule has 41 heavy (non-hydrogen) atoms. The quantitative estimate of drug-likeness (QED) is 0.379. The lowest BCUT2D eigenvalue weighted by molar-refractivity contribution is -0.362. The normalized spacial score (nSPS) is 32.0. The number of hydrogen-bond acceptors (Lipinski definition) is 3. The second kappa shape index (κ2) is 9.72. The number of alkyl halides is 5. The maximum atomic E-state index is 15.1. The summed E-state index contributed by atoms with van der Waals surface area (Å²) in [7, 11) is 0. The Bertz CT molecular complexity index is 1440. The Labute approximate surface area is 235 Å². The van der Waals surface area contributed by atoms with E-state index in [0.29, 0.717) is 25.7 Å². The Hall–Kier alpha value is -3.13. The summed E-state index contributed by atoms with van der Waals surface area (Å²) < 4.78 is 71.5. The third-order valence-electron chi connectivity index (χ3n) is 10.3. The number of ketones is 1. The maximum Gasteiger partial charge on any atom is 0.456 e. The molecule has 2 unspecified atom stereocenters. The van der Waals surface area contributed by atoms with Crippen LogP contribution in [-0.2, 0) is 4.79 Å². The number of carbonyl (C=O) groups is 1. The molecule has 1 N–H and O–H groups in total. The van der Waals surface area contributed by atoms with E-state index in [-0.39, 0.29) is 24.5 Å². The van der Waals surface area contributed by atoms with Crippen LogP contribution in [0.5, 0.6) is 0 Å². The highest BCUT2D eigenvalue weighted by Gasteiger charge is 2.79. The molecule has 0 spiro atoms. The molecular formula is C33H32F5NO2. The third-order valence-corrected chi connectivity index (χ3v) is 10.3. The SMILES string of the molecule is C[C@]12C[C@H](c3ccc(/C=C/c4cccnc4)cc3)C3=C4CCC(=O)C=C4CCC3C1CC[C@@]2(O)C(F)(F)C(F)(F)F. The number of aromatic nitrogens is 1. The molecule has 8 heteroatoms. The number of hydrogen-bond donors (Lipinski definition) is 1. The summed E-state index contributed by atoms with van der Waals surface area (Å²) in [6.45, 7) is 1.44. The van der Waals surface area contributed by atoms with Gasteiger partial charge in [-0.25, -0.2) is 0 Å². The molecule has 1 aromatic heterocycles. The molecule has 0 amide bonds. The Kier molecular flexibility index (Phi) is 6.64. The average Bonchev–Trinajstić information content (AvgIpc) is 3.23. The number of aliphatic hydroxyl groups is 1. The fraction of sp³-hybridized carbons (Fsp3) is 0.455. The minimum atomic E-state index is -5.86. The van der Waals surface area contributed by atoms with Gasteiger partial charge in [-0.2, -0.15) is 22.0 Å². The van der Waals surface area contributed by atoms with Gasteiger partial charge in [-0.05, 0) is 90.3 Å². The van der Waals surface area contributed by atoms with E-state index in [1.54, 1.807) is 18.5 Å². The molecule has 4 aliphatic rings. The molecule has 1 heterocycles. The van der Waals surface area contributed by atoms with Crippen LogP contribution in [0.2, 0.25) is 0 Å². The monoisotopic (exact) mass is 569 g/mol. The summed E-state index contributed by atoms with van der Waals surface area (Å²) in [6, 6.07) is 11.4. The lowest BCUT2D eigenvalue weighted by atomic mass is 9.50. The van der Waals surface area contributed by atoms with E-state index in [1.807, 2.05) is 48.6 Å². The van der Waals surface area contributed by atoms with E-state index in [9.17, 15) is 23.1 Å². The Balaban J connectivity index is 1.44. The van der Waals surface area contributed by atoms with Crippen LogP contribution in [0, 0.1) is 17.3 Å². The van der Waals surface area contributed by atoms with Crippen molar-refractivity contribution in [1.29, 1.82) is 0 Å². The van der Waals surface area contributed by atoms with Crippen molar-refractivity contribution in [2.24, 2.45) is 17.3 Å². The van der Waals surface area contributed by atoms with Crippen molar-refractivity contribution in [2.75, 3.05) is 0 Å². The largest absolute Gasteiger partial charge is 0.456 e. The first kappa shape index (κ1) is 28.0. The van der Waals surface area contributed by atoms with Gasteiger partial charge in [0.25, 0.3) is 0 Å². The highest BCUT2D eigenvalue weighted by Crippen LogP contribution is 2.70. The van der Waals surface area contributed by atoms with Crippen LogP contribution in [0.25, 0.3) is 12.2 Å². The van der Waals surface area contributed by atoms with Crippen LogP contribution in [0.3, 0.4) is 0 Å². The number of pyridine rings is 1. The molecule has 0 aliphatic heterocycles. The van der Waals surface area contributed by atoms with Crippen LogP contribution in [-0.4, -0.2) is 33.6 Å². The lowest BCUT2D eigenvalue weighted by Crippen LogP contribution is -2.65. The zero-order chi connectivity index (χ0) is 29.2. The van der Waals surface area contributed by atoms with Gasteiger partial charge >= 0.3 is 12.1 Å². The van der Waals surface area contributed by atoms with Crippen molar-refractivity contribution in [3.8, 4) is 0 Å². The van der Waals surface area contributed by atoms with Gasteiger partial charge in [0.15, 0.2) is 5.78 Å². The number of nitrogens with zero attached hydrogens (tertiary/aromatic N) is 1. The summed E-state index contributed by atoms with van der Waals surface area (Å²) in [4.78, 5) is 16.3. The first-order valence-corrected chi connectivity index (χ1v) is 14.2. The fourth-order valence-electron chi connectivity index (χ4n) is 8.22. The van der Waals surface area contributed by atoms with E-state index in [0.717, 1.165) is 33.4 Å². The molecule has 2 fully saturated rings. The van der Waals surface area contributed by atoms with Gasteiger partial charge < -0.3 is 5.11 Å². The van der Waals surface area contributed by atoms with E-state index in [1.165, 1.54) is 6.92 Å². The molecule has 0 bridgehead atoms. The summed E-state index contributed by atoms with van der Waals surface area (Å²) in [5.74, 6) is -6.37. The van der Waals surface area contributed by atoms with Gasteiger partial charge in [0, 0.05) is 30.1 Å². The Morgan fingerprint density at radius 3 is 2.39 bits per heavy atom. The van der Waals surface area contributed by atoms with Gasteiger partial charge in [0.1, 0.15) is 5.60 Å². The molecule has 6 rings (SSSR count). The van der Waals surface area contributed by atoms with Gasteiger partial charge in [-0.15, -0.1) is 0 Å². The van der Waals surface area contributed by atoms with Gasteiger partial charge in [0.2, 0.25) is 0 Å². The number of fused-ring (bicyclic) bond motifs is 4. The molecule has 2 saturated carbocycles. The third kappa shape index (κ3) is 4.32. The van der Waals surface area contributed by atoms with Crippen molar-refractivity contribution in [3.63, 3.8) is 0 Å². The van der Waals surface area contributed by atoms with Crippen LogP contribution >= 0.6 is 0 Å². The minimum absolute atomic E-state index is 0.0265. The van der Waals surface area contributed by atoms with Crippen molar-refractivity contribution in [3.05, 3.63) is 88.3 Å². The molecule has 216 valence electrons. The minimum Gasteiger partial charge on any atom is -0.383 e. The van der Waals surface area contributed by atoms with Crippen LogP contribution in [0.15, 0.2) is 71.6 Å². The smallest absolute Gasteiger partial charge is 0.383 e. The summed E-state index contributed by atoms with van der Waals surface area (Å²) in [5.41, 5.74) is 0.877. The average molecular weight is 570 g/mol. The molecular weight excluding hydrogens is 537 g/mol. The maximum absolute atomic E-state index is 15.1. The second-order valence-corrected chi connectivity index (χ2v) is 12.3. The highest BCUT2D eigenvalue weighted by molar-refractivity contribution is 5.93. The highest BCUT2D eigenvalue weighted by atomic mass is 19.4. The standard InChI is InChI=1S/C33H32F5NO2/c1-30-18-27(22-8-6-20(7-9-22)4-5-21-3-2-16-39-19-21)29-25-13-11-24(40)17-23(25)10-12-26(29)28(30)14-15-31(30,41)32(34,35)33(36,37)38/h2-9,16-17,19,26-28,41H,10-15,18H2,1H3/b5-4+/t26?,27-,28?,30+,31+/m1/s1. The molecule has 1 aromatic carbocycles. The zero-order valence-electron chi connectivity index (χ0n) is 22.7. The van der Waals surface area contributed by atoms with E-state index < -0.39 is 41.4 Å². The molecule has 0 radical (unpaired) electrons. The number of halogens is 5. The number of allylic oxidation sites excluding steroid dienone is 4. The summed E-state index contributed by atoms with van der Waals surface area (Å²) >= 11 is 0. The molecule has 4 aliphatic carbocycles. The summed E-state index contributed by atoms with van der Waals surface area (Å²) in [5, 5.41) is 11.4. The molecule has 2 aromatic rings. The molecule has 5 atom stereocenters. The van der Waals surface area contributed by atoms with Crippen LogP contribution in [0.1, 0.15) is 74.5 Å². The molecule has 0 saturated heterocycles. The number of benzene rings is 1. The predicted octanol–water partition coefficient (Wildman–Crippen LogP) is 8.08. The van der Waals surface area contributed by atoms with Gasteiger partial charge in [-0.1, -0.05) is 55.0 Å². The Morgan fingerprint density at radius 1 is 0.976 bits per heavy atom. The van der Waals surface area contributed by atoms with Crippen molar-refractivity contribution >= 4 is 17.9 Å².